The van der Waals surface area contributed by atoms with Gasteiger partial charge in [0.2, 0.25) is 0 Å². The van der Waals surface area contributed by atoms with Crippen LogP contribution in [0.15, 0.2) is 53.9 Å². The van der Waals surface area contributed by atoms with Gasteiger partial charge in [0.1, 0.15) is 10.8 Å². The third-order valence-corrected chi connectivity index (χ3v) is 4.96. The number of aromatic nitrogens is 1. The summed E-state index contributed by atoms with van der Waals surface area (Å²) in [5.74, 6) is -0.364. The van der Waals surface area contributed by atoms with Crippen molar-refractivity contribution in [2.45, 2.75) is 13.0 Å². The lowest BCUT2D eigenvalue weighted by Gasteiger charge is -2.12. The van der Waals surface area contributed by atoms with Crippen LogP contribution in [-0.4, -0.2) is 30.1 Å². The lowest BCUT2D eigenvalue weighted by Crippen LogP contribution is -2.30. The Bertz CT molecular complexity index is 971. The maximum absolute atomic E-state index is 12.3. The van der Waals surface area contributed by atoms with E-state index in [2.05, 4.69) is 10.3 Å². The third-order valence-electron chi connectivity index (χ3n) is 3.82. The van der Waals surface area contributed by atoms with Crippen molar-refractivity contribution in [3.63, 3.8) is 0 Å². The summed E-state index contributed by atoms with van der Waals surface area (Å²) in [6, 6.07) is 14.0. The zero-order valence-electron chi connectivity index (χ0n) is 15.1. The van der Waals surface area contributed by atoms with Crippen LogP contribution < -0.4 is 10.1 Å². The Kier molecular flexibility index (Phi) is 6.28. The van der Waals surface area contributed by atoms with Crippen LogP contribution in [0.1, 0.15) is 17.4 Å². The number of amides is 1. The number of anilines is 1. The standard InChI is InChI=1S/C20H17ClN2O4S/c1-12(18(24)22-15-7-5-14(21)6-8-15)27-20(25)17-11-28-19(23-17)13-3-9-16(26-2)10-4-13/h3-12H,1-2H3,(H,22,24)/t12-/m0/s1. The number of esters is 1. The molecule has 1 aromatic heterocycles. The molecule has 0 aliphatic carbocycles. The van der Waals surface area contributed by atoms with Crippen molar-refractivity contribution in [1.29, 1.82) is 0 Å². The molecule has 0 unspecified atom stereocenters. The Morgan fingerprint density at radius 3 is 2.43 bits per heavy atom. The molecular formula is C20H17ClN2O4S. The number of hydrogen-bond acceptors (Lipinski definition) is 6. The number of carbonyl (C=O) groups is 2. The molecule has 2 aromatic carbocycles. The molecule has 1 amide bonds. The number of carbonyl (C=O) groups excluding carboxylic acids is 2. The summed E-state index contributed by atoms with van der Waals surface area (Å²) >= 11 is 7.13. The summed E-state index contributed by atoms with van der Waals surface area (Å²) in [5.41, 5.74) is 1.58. The van der Waals surface area contributed by atoms with Crippen LogP contribution in [0.4, 0.5) is 5.69 Å². The highest BCUT2D eigenvalue weighted by molar-refractivity contribution is 7.13. The molecule has 0 spiro atoms. The maximum Gasteiger partial charge on any atom is 0.358 e. The molecule has 1 heterocycles. The molecule has 144 valence electrons. The molecule has 3 rings (SSSR count). The maximum atomic E-state index is 12.3. The van der Waals surface area contributed by atoms with Crippen LogP contribution in [0.2, 0.25) is 5.02 Å². The van der Waals surface area contributed by atoms with E-state index in [-0.39, 0.29) is 5.69 Å². The molecule has 28 heavy (non-hydrogen) atoms. The molecule has 0 saturated heterocycles. The van der Waals surface area contributed by atoms with Gasteiger partial charge in [-0.1, -0.05) is 11.6 Å². The van der Waals surface area contributed by atoms with Crippen LogP contribution in [0.25, 0.3) is 10.6 Å². The summed E-state index contributed by atoms with van der Waals surface area (Å²) in [6.07, 6.45) is -0.977. The zero-order valence-corrected chi connectivity index (χ0v) is 16.7. The van der Waals surface area contributed by atoms with Gasteiger partial charge in [0.25, 0.3) is 5.91 Å². The first-order valence-electron chi connectivity index (χ1n) is 8.33. The van der Waals surface area contributed by atoms with Crippen LogP contribution >= 0.6 is 22.9 Å². The normalized spacial score (nSPS) is 11.5. The second kappa shape index (κ2) is 8.86. The minimum atomic E-state index is -0.977. The lowest BCUT2D eigenvalue weighted by atomic mass is 10.2. The van der Waals surface area contributed by atoms with E-state index in [1.165, 1.54) is 18.3 Å². The number of benzene rings is 2. The number of ether oxygens (including phenoxy) is 2. The van der Waals surface area contributed by atoms with Crippen molar-refractivity contribution in [3.8, 4) is 16.3 Å². The summed E-state index contributed by atoms with van der Waals surface area (Å²) in [4.78, 5) is 28.8. The molecule has 3 aromatic rings. The lowest BCUT2D eigenvalue weighted by molar-refractivity contribution is -0.123. The number of rotatable bonds is 6. The molecule has 0 aliphatic heterocycles. The molecule has 0 bridgehead atoms. The SMILES string of the molecule is COc1ccc(-c2nc(C(=O)O[C@@H](C)C(=O)Nc3ccc(Cl)cc3)cs2)cc1. The van der Waals surface area contributed by atoms with Gasteiger partial charge in [-0.2, -0.15) is 0 Å². The van der Waals surface area contributed by atoms with E-state index >= 15 is 0 Å². The molecule has 1 N–H and O–H groups in total. The van der Waals surface area contributed by atoms with Crippen LogP contribution in [0, 0.1) is 0 Å². The number of thiazole rings is 1. The van der Waals surface area contributed by atoms with Gasteiger partial charge in [-0.3, -0.25) is 4.79 Å². The van der Waals surface area contributed by atoms with E-state index in [9.17, 15) is 9.59 Å². The molecule has 0 radical (unpaired) electrons. The predicted molar refractivity (Wildman–Crippen MR) is 109 cm³/mol. The van der Waals surface area contributed by atoms with Crippen LogP contribution in [0.5, 0.6) is 5.75 Å². The number of nitrogens with zero attached hydrogens (tertiary/aromatic N) is 1. The van der Waals surface area contributed by atoms with Crippen molar-refractivity contribution < 1.29 is 19.1 Å². The van der Waals surface area contributed by atoms with E-state index in [1.807, 2.05) is 24.3 Å². The highest BCUT2D eigenvalue weighted by Gasteiger charge is 2.21. The van der Waals surface area contributed by atoms with Crippen molar-refractivity contribution in [1.82, 2.24) is 4.98 Å². The van der Waals surface area contributed by atoms with E-state index in [1.54, 1.807) is 36.8 Å². The number of methoxy groups -OCH3 is 1. The first-order valence-corrected chi connectivity index (χ1v) is 9.59. The Hall–Kier alpha value is -2.90. The van der Waals surface area contributed by atoms with E-state index < -0.39 is 18.0 Å². The summed E-state index contributed by atoms with van der Waals surface area (Å²) in [5, 5.41) is 5.50. The zero-order chi connectivity index (χ0) is 20.1. The highest BCUT2D eigenvalue weighted by Crippen LogP contribution is 2.26. The van der Waals surface area contributed by atoms with Crippen molar-refractivity contribution >= 4 is 40.5 Å². The number of nitrogens with one attached hydrogen (secondary N) is 1. The van der Waals surface area contributed by atoms with Crippen LogP contribution in [-0.2, 0) is 9.53 Å². The molecule has 0 aliphatic rings. The second-order valence-electron chi connectivity index (χ2n) is 5.81. The van der Waals surface area contributed by atoms with E-state index in [4.69, 9.17) is 21.1 Å². The van der Waals surface area contributed by atoms with Gasteiger partial charge >= 0.3 is 5.97 Å². The smallest absolute Gasteiger partial charge is 0.358 e. The fourth-order valence-corrected chi connectivity index (χ4v) is 3.21. The first kappa shape index (κ1) is 19.9. The van der Waals surface area contributed by atoms with Gasteiger partial charge in [-0.25, -0.2) is 9.78 Å². The van der Waals surface area contributed by atoms with Crippen molar-refractivity contribution in [2.75, 3.05) is 12.4 Å². The minimum absolute atomic E-state index is 0.155. The Morgan fingerprint density at radius 2 is 1.79 bits per heavy atom. The van der Waals surface area contributed by atoms with Gasteiger partial charge in [-0.15, -0.1) is 11.3 Å². The van der Waals surface area contributed by atoms with E-state index in [0.29, 0.717) is 15.7 Å². The molecule has 0 fully saturated rings. The summed E-state index contributed by atoms with van der Waals surface area (Å²) in [7, 11) is 1.59. The highest BCUT2D eigenvalue weighted by atomic mass is 35.5. The fourth-order valence-electron chi connectivity index (χ4n) is 2.29. The predicted octanol–water partition coefficient (Wildman–Crippen LogP) is 4.66. The molecule has 8 heteroatoms. The minimum Gasteiger partial charge on any atom is -0.497 e. The van der Waals surface area contributed by atoms with Gasteiger partial charge in [-0.05, 0) is 55.5 Å². The van der Waals surface area contributed by atoms with Crippen molar-refractivity contribution in [3.05, 3.63) is 64.6 Å². The topological polar surface area (TPSA) is 77.5 Å². The van der Waals surface area contributed by atoms with Gasteiger partial charge < -0.3 is 14.8 Å². The number of hydrogen-bond donors (Lipinski definition) is 1. The van der Waals surface area contributed by atoms with Crippen LogP contribution in [0.3, 0.4) is 0 Å². The van der Waals surface area contributed by atoms with Crippen molar-refractivity contribution in [2.24, 2.45) is 0 Å². The Balaban J connectivity index is 1.61. The average molecular weight is 417 g/mol. The fraction of sp³-hybridized carbons (Fsp3) is 0.150. The first-order chi connectivity index (χ1) is 13.5. The monoisotopic (exact) mass is 416 g/mol. The van der Waals surface area contributed by atoms with Gasteiger partial charge in [0, 0.05) is 21.7 Å². The van der Waals surface area contributed by atoms with Gasteiger partial charge in [0.05, 0.1) is 7.11 Å². The Morgan fingerprint density at radius 1 is 1.11 bits per heavy atom. The third kappa shape index (κ3) is 4.88. The Labute approximate surface area is 171 Å². The van der Waals surface area contributed by atoms with Gasteiger partial charge in [0.15, 0.2) is 11.8 Å². The second-order valence-corrected chi connectivity index (χ2v) is 7.10. The molecule has 6 nitrogen and oxygen atoms in total. The molecular weight excluding hydrogens is 400 g/mol. The molecule has 1 atom stereocenters. The molecule has 0 saturated carbocycles. The number of halogens is 1. The average Bonchev–Trinajstić information content (AvgIpc) is 3.20. The summed E-state index contributed by atoms with van der Waals surface area (Å²) < 4.78 is 10.4. The van der Waals surface area contributed by atoms with E-state index in [0.717, 1.165) is 11.3 Å². The summed E-state index contributed by atoms with van der Waals surface area (Å²) in [6.45, 7) is 1.50. The largest absolute Gasteiger partial charge is 0.497 e. The quantitative estimate of drug-likeness (QED) is 0.591.